The molecule has 0 aliphatic rings. The molecule has 0 spiro atoms. The zero-order valence-electron chi connectivity index (χ0n) is 15.3. The van der Waals surface area contributed by atoms with Gasteiger partial charge in [0.1, 0.15) is 5.76 Å². The zero-order chi connectivity index (χ0) is 18.7. The number of hydrogen-bond donors (Lipinski definition) is 1. The van der Waals surface area contributed by atoms with Crippen molar-refractivity contribution in [2.24, 2.45) is 7.05 Å². The Morgan fingerprint density at radius 1 is 1.23 bits per heavy atom. The Morgan fingerprint density at radius 3 is 2.62 bits per heavy atom. The molecule has 2 aromatic heterocycles. The zero-order valence-corrected chi connectivity index (χ0v) is 16.1. The molecular formula is C19H22N4O2S. The maximum Gasteiger partial charge on any atom is 0.233 e. The average molecular weight is 370 g/mol. The molecular weight excluding hydrogens is 348 g/mol. The summed E-state index contributed by atoms with van der Waals surface area (Å²) >= 11 is 1.39. The van der Waals surface area contributed by atoms with Crippen molar-refractivity contribution in [3.63, 3.8) is 0 Å². The van der Waals surface area contributed by atoms with Crippen LogP contribution in [0, 0.1) is 13.8 Å². The number of carbonyl (C=O) groups excluding carboxylic acids is 1. The lowest BCUT2D eigenvalue weighted by atomic mass is 10.1. The van der Waals surface area contributed by atoms with E-state index in [-0.39, 0.29) is 11.2 Å². The highest BCUT2D eigenvalue weighted by molar-refractivity contribution is 8.00. The molecule has 0 aliphatic heterocycles. The average Bonchev–Trinajstić information content (AvgIpc) is 3.20. The Bertz CT molecular complexity index is 899. The summed E-state index contributed by atoms with van der Waals surface area (Å²) in [5.74, 6) is 1.49. The first kappa shape index (κ1) is 18.3. The van der Waals surface area contributed by atoms with Gasteiger partial charge < -0.3 is 14.3 Å². The van der Waals surface area contributed by atoms with E-state index in [0.717, 1.165) is 22.7 Å². The molecule has 0 saturated heterocycles. The number of benzene rings is 1. The van der Waals surface area contributed by atoms with Gasteiger partial charge in [0.2, 0.25) is 5.91 Å². The van der Waals surface area contributed by atoms with Crippen LogP contribution in [0.5, 0.6) is 0 Å². The second kappa shape index (κ2) is 7.78. The van der Waals surface area contributed by atoms with E-state index in [4.69, 9.17) is 4.42 Å². The predicted molar refractivity (Wildman–Crippen MR) is 102 cm³/mol. The molecule has 1 aromatic carbocycles. The van der Waals surface area contributed by atoms with Crippen molar-refractivity contribution in [1.82, 2.24) is 20.1 Å². The quantitative estimate of drug-likeness (QED) is 0.673. The topological polar surface area (TPSA) is 73.0 Å². The van der Waals surface area contributed by atoms with E-state index in [0.29, 0.717) is 11.7 Å². The fourth-order valence-electron chi connectivity index (χ4n) is 2.52. The van der Waals surface area contributed by atoms with Crippen molar-refractivity contribution in [3.8, 4) is 11.4 Å². The minimum absolute atomic E-state index is 0.0281. The lowest BCUT2D eigenvalue weighted by Gasteiger charge is -2.12. The molecule has 0 fully saturated rings. The van der Waals surface area contributed by atoms with Gasteiger partial charge in [-0.05, 0) is 32.4 Å². The summed E-state index contributed by atoms with van der Waals surface area (Å²) in [6, 6.07) is 9.99. The number of thioether (sulfide) groups is 1. The molecule has 6 nitrogen and oxygen atoms in total. The number of aromatic nitrogens is 3. The summed E-state index contributed by atoms with van der Waals surface area (Å²) < 4.78 is 7.21. The number of hydrogen-bond acceptors (Lipinski definition) is 5. The van der Waals surface area contributed by atoms with Gasteiger partial charge in [0.15, 0.2) is 11.0 Å². The molecule has 0 aliphatic carbocycles. The first-order valence-corrected chi connectivity index (χ1v) is 9.27. The molecule has 0 radical (unpaired) electrons. The summed E-state index contributed by atoms with van der Waals surface area (Å²) in [5, 5.41) is 11.8. The van der Waals surface area contributed by atoms with Gasteiger partial charge in [0.25, 0.3) is 0 Å². The van der Waals surface area contributed by atoms with Gasteiger partial charge in [-0.3, -0.25) is 4.79 Å². The van der Waals surface area contributed by atoms with Crippen LogP contribution >= 0.6 is 11.8 Å². The second-order valence-electron chi connectivity index (χ2n) is 6.22. The van der Waals surface area contributed by atoms with Crippen molar-refractivity contribution in [1.29, 1.82) is 0 Å². The highest BCUT2D eigenvalue weighted by Gasteiger charge is 2.20. The van der Waals surface area contributed by atoms with Crippen LogP contribution in [0.25, 0.3) is 11.4 Å². The monoisotopic (exact) mass is 370 g/mol. The molecule has 2 heterocycles. The van der Waals surface area contributed by atoms with Gasteiger partial charge in [0.05, 0.1) is 17.1 Å². The van der Waals surface area contributed by atoms with E-state index in [1.165, 1.54) is 17.3 Å². The number of nitrogens with zero attached hydrogens (tertiary/aromatic N) is 3. The number of nitrogens with one attached hydrogen (secondary N) is 1. The molecule has 26 heavy (non-hydrogen) atoms. The van der Waals surface area contributed by atoms with Crippen molar-refractivity contribution < 1.29 is 9.21 Å². The highest BCUT2D eigenvalue weighted by Crippen LogP contribution is 2.27. The Morgan fingerprint density at radius 2 is 1.96 bits per heavy atom. The maximum atomic E-state index is 12.4. The smallest absolute Gasteiger partial charge is 0.233 e. The Hall–Kier alpha value is -2.54. The van der Waals surface area contributed by atoms with Crippen molar-refractivity contribution in [2.45, 2.75) is 37.7 Å². The minimum atomic E-state index is -0.276. The van der Waals surface area contributed by atoms with Gasteiger partial charge in [-0.2, -0.15) is 0 Å². The fourth-order valence-corrected chi connectivity index (χ4v) is 3.36. The van der Waals surface area contributed by atoms with Crippen LogP contribution in [0.15, 0.2) is 46.2 Å². The predicted octanol–water partition coefficient (Wildman–Crippen LogP) is 3.49. The largest absolute Gasteiger partial charge is 0.469 e. The molecule has 1 atom stereocenters. The van der Waals surface area contributed by atoms with Gasteiger partial charge in [-0.1, -0.05) is 41.6 Å². The molecule has 3 rings (SSSR count). The molecule has 0 bridgehead atoms. The van der Waals surface area contributed by atoms with Crippen LogP contribution in [0.1, 0.15) is 23.8 Å². The summed E-state index contributed by atoms with van der Waals surface area (Å²) in [7, 11) is 1.89. The van der Waals surface area contributed by atoms with Gasteiger partial charge in [0, 0.05) is 13.6 Å². The Kier molecular flexibility index (Phi) is 5.46. The lowest BCUT2D eigenvalue weighted by molar-refractivity contribution is -0.120. The molecule has 7 heteroatoms. The second-order valence-corrected chi connectivity index (χ2v) is 7.53. The van der Waals surface area contributed by atoms with E-state index in [2.05, 4.69) is 15.5 Å². The van der Waals surface area contributed by atoms with Gasteiger partial charge in [-0.25, -0.2) is 0 Å². The molecule has 1 N–H and O–H groups in total. The fraction of sp³-hybridized carbons (Fsp3) is 0.316. The third-order valence-electron chi connectivity index (χ3n) is 4.17. The van der Waals surface area contributed by atoms with E-state index >= 15 is 0 Å². The highest BCUT2D eigenvalue weighted by atomic mass is 32.2. The van der Waals surface area contributed by atoms with E-state index in [9.17, 15) is 4.79 Å². The van der Waals surface area contributed by atoms with Crippen molar-refractivity contribution in [3.05, 3.63) is 53.5 Å². The van der Waals surface area contributed by atoms with Crippen molar-refractivity contribution in [2.75, 3.05) is 0 Å². The van der Waals surface area contributed by atoms with Crippen LogP contribution in [0.4, 0.5) is 0 Å². The first-order chi connectivity index (χ1) is 12.5. The van der Waals surface area contributed by atoms with Crippen LogP contribution in [-0.2, 0) is 18.4 Å². The normalized spacial score (nSPS) is 12.2. The SMILES string of the molecule is Cc1ccc(CNC(=O)[C@@H](C)Sc2nnc(-c3ccoc3C)n2C)cc1. The summed E-state index contributed by atoms with van der Waals surface area (Å²) in [6.45, 7) is 6.31. The van der Waals surface area contributed by atoms with Crippen LogP contribution in [-0.4, -0.2) is 25.9 Å². The van der Waals surface area contributed by atoms with E-state index < -0.39 is 0 Å². The third-order valence-corrected chi connectivity index (χ3v) is 5.31. The van der Waals surface area contributed by atoms with E-state index in [1.807, 2.05) is 62.7 Å². The van der Waals surface area contributed by atoms with Crippen LogP contribution in [0.3, 0.4) is 0 Å². The number of rotatable bonds is 6. The number of aryl methyl sites for hydroxylation is 2. The lowest BCUT2D eigenvalue weighted by Crippen LogP contribution is -2.30. The Labute approximate surface area is 157 Å². The number of carbonyl (C=O) groups is 1. The summed E-state index contributed by atoms with van der Waals surface area (Å²) in [5.41, 5.74) is 3.19. The third kappa shape index (κ3) is 3.99. The molecule has 0 unspecified atom stereocenters. The Balaban J connectivity index is 1.61. The molecule has 1 amide bonds. The van der Waals surface area contributed by atoms with Crippen LogP contribution < -0.4 is 5.32 Å². The maximum absolute atomic E-state index is 12.4. The minimum Gasteiger partial charge on any atom is -0.469 e. The first-order valence-electron chi connectivity index (χ1n) is 8.39. The number of furan rings is 1. The molecule has 136 valence electrons. The molecule has 3 aromatic rings. The summed E-state index contributed by atoms with van der Waals surface area (Å²) in [6.07, 6.45) is 1.63. The summed E-state index contributed by atoms with van der Waals surface area (Å²) in [4.78, 5) is 12.4. The van der Waals surface area contributed by atoms with Gasteiger partial charge >= 0.3 is 0 Å². The van der Waals surface area contributed by atoms with Crippen molar-refractivity contribution >= 4 is 17.7 Å². The van der Waals surface area contributed by atoms with E-state index in [1.54, 1.807) is 6.26 Å². The van der Waals surface area contributed by atoms with Gasteiger partial charge in [-0.15, -0.1) is 10.2 Å². The molecule has 0 saturated carbocycles. The standard InChI is InChI=1S/C19H22N4O2S/c1-12-5-7-15(8-6-12)11-20-18(24)14(3)26-19-22-21-17(23(19)4)16-9-10-25-13(16)2/h5-10,14H,11H2,1-4H3,(H,20,24)/t14-/m1/s1. The van der Waals surface area contributed by atoms with Crippen LogP contribution in [0.2, 0.25) is 0 Å². The number of amides is 1.